The molecule has 0 spiro atoms. The Bertz CT molecular complexity index is 732. The van der Waals surface area contributed by atoms with Gasteiger partial charge in [0.1, 0.15) is 0 Å². The van der Waals surface area contributed by atoms with Crippen molar-refractivity contribution in [1.82, 2.24) is 0 Å². The first kappa shape index (κ1) is 15.9. The minimum Gasteiger partial charge on any atom is -0.293 e. The molecule has 0 aliphatic heterocycles. The number of benzene rings is 2. The van der Waals surface area contributed by atoms with Crippen molar-refractivity contribution >= 4 is 22.3 Å². The van der Waals surface area contributed by atoms with Crippen molar-refractivity contribution in [2.24, 2.45) is 5.92 Å². The van der Waals surface area contributed by atoms with Gasteiger partial charge in [-0.15, -0.1) is 6.58 Å². The fourth-order valence-electron chi connectivity index (χ4n) is 2.24. The summed E-state index contributed by atoms with van der Waals surface area (Å²) < 4.78 is 37.8. The number of ketones is 2. The van der Waals surface area contributed by atoms with Gasteiger partial charge in [0, 0.05) is 5.56 Å². The largest absolute Gasteiger partial charge is 0.450 e. The highest BCUT2D eigenvalue weighted by molar-refractivity contribution is 6.13. The van der Waals surface area contributed by atoms with E-state index in [0.717, 1.165) is 16.8 Å². The van der Waals surface area contributed by atoms with Gasteiger partial charge >= 0.3 is 6.18 Å². The van der Waals surface area contributed by atoms with Gasteiger partial charge in [-0.25, -0.2) is 0 Å². The van der Waals surface area contributed by atoms with Gasteiger partial charge in [0.05, 0.1) is 5.92 Å². The summed E-state index contributed by atoms with van der Waals surface area (Å²) in [5, 5.41) is 1.59. The highest BCUT2D eigenvalue weighted by Crippen LogP contribution is 2.27. The molecule has 0 saturated carbocycles. The quantitative estimate of drug-likeness (QED) is 0.467. The summed E-state index contributed by atoms with van der Waals surface area (Å²) in [6.45, 7) is 3.32. The average molecular weight is 306 g/mol. The molecule has 0 saturated heterocycles. The molecule has 1 unspecified atom stereocenters. The number of fused-ring (bicyclic) bond motifs is 1. The van der Waals surface area contributed by atoms with E-state index in [-0.39, 0.29) is 12.0 Å². The zero-order valence-corrected chi connectivity index (χ0v) is 11.6. The first-order valence-corrected chi connectivity index (χ1v) is 6.59. The van der Waals surface area contributed by atoms with E-state index in [9.17, 15) is 22.8 Å². The van der Waals surface area contributed by atoms with E-state index in [1.807, 2.05) is 12.1 Å². The second-order valence-electron chi connectivity index (χ2n) is 4.87. The van der Waals surface area contributed by atoms with E-state index >= 15 is 0 Å². The summed E-state index contributed by atoms with van der Waals surface area (Å²) in [5.74, 6) is -4.66. The summed E-state index contributed by atoms with van der Waals surface area (Å²) in [6.07, 6.45) is -4.24. The van der Waals surface area contributed by atoms with E-state index in [2.05, 4.69) is 6.58 Å². The van der Waals surface area contributed by atoms with Gasteiger partial charge in [0.15, 0.2) is 5.78 Å². The second kappa shape index (κ2) is 6.13. The van der Waals surface area contributed by atoms with Crippen LogP contribution in [0.15, 0.2) is 55.1 Å². The van der Waals surface area contributed by atoms with Crippen molar-refractivity contribution in [2.75, 3.05) is 0 Å². The van der Waals surface area contributed by atoms with Crippen LogP contribution in [0.3, 0.4) is 0 Å². The molecule has 1 atom stereocenters. The predicted molar refractivity (Wildman–Crippen MR) is 77.6 cm³/mol. The third-order valence-electron chi connectivity index (χ3n) is 3.35. The molecule has 0 aliphatic carbocycles. The Hall–Kier alpha value is -2.43. The third-order valence-corrected chi connectivity index (χ3v) is 3.35. The minimum atomic E-state index is -5.04. The molecule has 5 heteroatoms. The average Bonchev–Trinajstić information content (AvgIpc) is 2.50. The van der Waals surface area contributed by atoms with Crippen molar-refractivity contribution in [2.45, 2.75) is 12.6 Å². The van der Waals surface area contributed by atoms with Crippen molar-refractivity contribution in [3.8, 4) is 0 Å². The third kappa shape index (κ3) is 3.24. The Morgan fingerprint density at radius 1 is 1.09 bits per heavy atom. The van der Waals surface area contributed by atoms with Gasteiger partial charge in [-0.05, 0) is 23.3 Å². The molecule has 2 nitrogen and oxygen atoms in total. The van der Waals surface area contributed by atoms with Gasteiger partial charge in [-0.3, -0.25) is 9.59 Å². The van der Waals surface area contributed by atoms with Crippen LogP contribution in [0, 0.1) is 5.92 Å². The fraction of sp³-hybridized carbons (Fsp3) is 0.176. The number of Topliss-reactive ketones (excluding diaryl/α,β-unsaturated/α-hetero) is 2. The molecular weight excluding hydrogens is 293 g/mol. The molecule has 2 aromatic carbocycles. The van der Waals surface area contributed by atoms with Gasteiger partial charge in [0.25, 0.3) is 0 Å². The Labute approximate surface area is 125 Å². The van der Waals surface area contributed by atoms with Crippen LogP contribution < -0.4 is 0 Å². The molecule has 0 N–H and O–H groups in total. The smallest absolute Gasteiger partial charge is 0.293 e. The van der Waals surface area contributed by atoms with Gasteiger partial charge in [-0.1, -0.05) is 42.5 Å². The number of carbonyl (C=O) groups is 2. The minimum absolute atomic E-state index is 0.0862. The molecule has 2 aromatic rings. The molecule has 0 fully saturated rings. The Morgan fingerprint density at radius 3 is 2.32 bits per heavy atom. The summed E-state index contributed by atoms with van der Waals surface area (Å²) in [7, 11) is 0. The molecule has 22 heavy (non-hydrogen) atoms. The number of halogens is 3. The fourth-order valence-corrected chi connectivity index (χ4v) is 2.24. The molecule has 0 amide bonds. The Morgan fingerprint density at radius 2 is 1.73 bits per heavy atom. The number of rotatable bonds is 5. The number of hydrogen-bond acceptors (Lipinski definition) is 2. The van der Waals surface area contributed by atoms with Crippen molar-refractivity contribution in [1.29, 1.82) is 0 Å². The van der Waals surface area contributed by atoms with Crippen LogP contribution in [0.1, 0.15) is 16.8 Å². The lowest BCUT2D eigenvalue weighted by Gasteiger charge is -2.15. The lowest BCUT2D eigenvalue weighted by atomic mass is 9.89. The van der Waals surface area contributed by atoms with Crippen LogP contribution in [-0.2, 0) is 4.79 Å². The van der Waals surface area contributed by atoms with Crippen molar-refractivity contribution in [3.05, 3.63) is 60.7 Å². The SMILES string of the molecule is C=CCC(C(=O)c1ccc2ccccc2c1)C(=O)C(F)(F)F. The lowest BCUT2D eigenvalue weighted by molar-refractivity contribution is -0.173. The summed E-state index contributed by atoms with van der Waals surface area (Å²) in [5.41, 5.74) is 0.0862. The maximum atomic E-state index is 12.6. The monoisotopic (exact) mass is 306 g/mol. The topological polar surface area (TPSA) is 34.1 Å². The maximum Gasteiger partial charge on any atom is 0.450 e. The highest BCUT2D eigenvalue weighted by Gasteiger charge is 2.45. The van der Waals surface area contributed by atoms with Crippen LogP contribution in [0.2, 0.25) is 0 Å². The van der Waals surface area contributed by atoms with Crippen LogP contribution >= 0.6 is 0 Å². The zero-order valence-electron chi connectivity index (χ0n) is 11.6. The highest BCUT2D eigenvalue weighted by atomic mass is 19.4. The van der Waals surface area contributed by atoms with Crippen molar-refractivity contribution < 1.29 is 22.8 Å². The molecule has 0 radical (unpaired) electrons. The van der Waals surface area contributed by atoms with Crippen LogP contribution in [0.5, 0.6) is 0 Å². The predicted octanol–water partition coefficient (Wildman–Crippen LogP) is 4.35. The van der Waals surface area contributed by atoms with Crippen molar-refractivity contribution in [3.63, 3.8) is 0 Å². The lowest BCUT2D eigenvalue weighted by Crippen LogP contribution is -2.35. The van der Waals surface area contributed by atoms with E-state index in [1.165, 1.54) is 12.1 Å². The first-order valence-electron chi connectivity index (χ1n) is 6.59. The molecule has 0 aliphatic rings. The van der Waals surface area contributed by atoms with Gasteiger partial charge in [0.2, 0.25) is 5.78 Å². The van der Waals surface area contributed by atoms with E-state index in [4.69, 9.17) is 0 Å². The second-order valence-corrected chi connectivity index (χ2v) is 4.87. The molecule has 114 valence electrons. The standard InChI is InChI=1S/C17H13F3O2/c1-2-5-14(16(22)17(18,19)20)15(21)13-9-8-11-6-3-4-7-12(11)10-13/h2-4,6-10,14H,1,5H2. The number of allylic oxidation sites excluding steroid dienone is 1. The molecule has 0 aromatic heterocycles. The first-order chi connectivity index (χ1) is 10.3. The van der Waals surface area contributed by atoms with Crippen LogP contribution in [-0.4, -0.2) is 17.7 Å². The van der Waals surface area contributed by atoms with E-state index in [1.54, 1.807) is 18.2 Å². The maximum absolute atomic E-state index is 12.6. The molecule has 0 heterocycles. The van der Waals surface area contributed by atoms with E-state index in [0.29, 0.717) is 0 Å². The summed E-state index contributed by atoms with van der Waals surface area (Å²) in [6, 6.07) is 11.7. The van der Waals surface area contributed by atoms with Gasteiger partial charge in [-0.2, -0.15) is 13.2 Å². The van der Waals surface area contributed by atoms with Crippen LogP contribution in [0.25, 0.3) is 10.8 Å². The van der Waals surface area contributed by atoms with Gasteiger partial charge < -0.3 is 0 Å². The Balaban J connectivity index is 2.40. The van der Waals surface area contributed by atoms with E-state index < -0.39 is 23.7 Å². The number of alkyl halides is 3. The van der Waals surface area contributed by atoms with Crippen LogP contribution in [0.4, 0.5) is 13.2 Å². The molecule has 0 bridgehead atoms. The molecular formula is C17H13F3O2. The summed E-state index contributed by atoms with van der Waals surface area (Å²) >= 11 is 0. The molecule has 2 rings (SSSR count). The summed E-state index contributed by atoms with van der Waals surface area (Å²) in [4.78, 5) is 23.7. The normalized spacial score (nSPS) is 12.9. The number of hydrogen-bond donors (Lipinski definition) is 0. The zero-order chi connectivity index (χ0) is 16.3. The number of carbonyl (C=O) groups excluding carboxylic acids is 2. The Kier molecular flexibility index (Phi) is 4.45.